The second-order valence-corrected chi connectivity index (χ2v) is 4.00. The Morgan fingerprint density at radius 2 is 1.83 bits per heavy atom. The normalized spacial score (nSPS) is 31.5. The molecule has 0 aliphatic heterocycles. The first-order valence-electron chi connectivity index (χ1n) is 5.17. The van der Waals surface area contributed by atoms with Crippen molar-refractivity contribution < 1.29 is 5.11 Å². The molecule has 0 spiro atoms. The minimum absolute atomic E-state index is 0.349. The van der Waals surface area contributed by atoms with Gasteiger partial charge in [0.05, 0.1) is 0 Å². The van der Waals surface area contributed by atoms with Crippen molar-refractivity contribution in [1.29, 1.82) is 0 Å². The predicted octanol–water partition coefficient (Wildman–Crippen LogP) is 1.52. The summed E-state index contributed by atoms with van der Waals surface area (Å²) < 4.78 is 0. The highest BCUT2D eigenvalue weighted by Gasteiger charge is 2.18. The SMILES string of the molecule is NCC1CCCCC(CCO)C1. The summed E-state index contributed by atoms with van der Waals surface area (Å²) in [7, 11) is 0. The van der Waals surface area contributed by atoms with Crippen LogP contribution in [0.1, 0.15) is 38.5 Å². The third-order valence-electron chi connectivity index (χ3n) is 3.01. The van der Waals surface area contributed by atoms with Crippen LogP contribution >= 0.6 is 0 Å². The molecule has 1 fully saturated rings. The fourth-order valence-corrected chi connectivity index (χ4v) is 2.23. The monoisotopic (exact) mass is 171 g/mol. The van der Waals surface area contributed by atoms with Gasteiger partial charge in [0.1, 0.15) is 0 Å². The number of hydrogen-bond acceptors (Lipinski definition) is 2. The van der Waals surface area contributed by atoms with E-state index in [-0.39, 0.29) is 0 Å². The van der Waals surface area contributed by atoms with Gasteiger partial charge in [0, 0.05) is 6.61 Å². The fourth-order valence-electron chi connectivity index (χ4n) is 2.23. The van der Waals surface area contributed by atoms with Gasteiger partial charge in [-0.2, -0.15) is 0 Å². The maximum absolute atomic E-state index is 8.84. The van der Waals surface area contributed by atoms with E-state index in [1.165, 1.54) is 32.1 Å². The van der Waals surface area contributed by atoms with Gasteiger partial charge in [-0.3, -0.25) is 0 Å². The van der Waals surface area contributed by atoms with E-state index >= 15 is 0 Å². The van der Waals surface area contributed by atoms with Crippen molar-refractivity contribution in [2.45, 2.75) is 38.5 Å². The Hall–Kier alpha value is -0.0800. The molecule has 0 bridgehead atoms. The van der Waals surface area contributed by atoms with E-state index in [9.17, 15) is 0 Å². The first-order valence-corrected chi connectivity index (χ1v) is 5.17. The molecule has 1 aliphatic carbocycles. The Balaban J connectivity index is 2.31. The highest BCUT2D eigenvalue weighted by molar-refractivity contribution is 4.71. The fraction of sp³-hybridized carbons (Fsp3) is 1.00. The predicted molar refractivity (Wildman–Crippen MR) is 50.8 cm³/mol. The van der Waals surface area contributed by atoms with Crippen molar-refractivity contribution in [3.05, 3.63) is 0 Å². The largest absolute Gasteiger partial charge is 0.396 e. The molecule has 0 heterocycles. The second kappa shape index (κ2) is 5.55. The van der Waals surface area contributed by atoms with E-state index in [0.717, 1.165) is 24.8 Å². The van der Waals surface area contributed by atoms with Gasteiger partial charge in [-0.1, -0.05) is 19.3 Å². The molecular formula is C10H21NO. The summed E-state index contributed by atoms with van der Waals surface area (Å²) in [5.41, 5.74) is 5.67. The Morgan fingerprint density at radius 3 is 2.42 bits per heavy atom. The Bertz CT molecular complexity index is 116. The number of hydrogen-bond donors (Lipinski definition) is 2. The molecule has 2 nitrogen and oxygen atoms in total. The summed E-state index contributed by atoms with van der Waals surface area (Å²) in [5, 5.41) is 8.84. The number of rotatable bonds is 3. The standard InChI is InChI=1S/C10H21NO/c11-8-10-4-2-1-3-9(7-10)5-6-12/h9-10,12H,1-8,11H2. The van der Waals surface area contributed by atoms with Crippen LogP contribution in [0.25, 0.3) is 0 Å². The quantitative estimate of drug-likeness (QED) is 0.632. The molecule has 0 radical (unpaired) electrons. The Kier molecular flexibility index (Phi) is 4.62. The van der Waals surface area contributed by atoms with Gasteiger partial charge >= 0.3 is 0 Å². The summed E-state index contributed by atoms with van der Waals surface area (Å²) in [6.07, 6.45) is 7.51. The number of aliphatic hydroxyl groups is 1. The lowest BCUT2D eigenvalue weighted by Crippen LogP contribution is -2.16. The summed E-state index contributed by atoms with van der Waals surface area (Å²) >= 11 is 0. The average molecular weight is 171 g/mol. The van der Waals surface area contributed by atoms with Crippen molar-refractivity contribution in [2.24, 2.45) is 17.6 Å². The van der Waals surface area contributed by atoms with Crippen molar-refractivity contribution in [3.63, 3.8) is 0 Å². The molecule has 2 atom stereocenters. The molecule has 1 rings (SSSR count). The van der Waals surface area contributed by atoms with Crippen LogP contribution in [0.15, 0.2) is 0 Å². The molecule has 0 saturated heterocycles. The van der Waals surface area contributed by atoms with E-state index < -0.39 is 0 Å². The maximum Gasteiger partial charge on any atom is 0.0433 e. The third kappa shape index (κ3) is 3.11. The van der Waals surface area contributed by atoms with Gasteiger partial charge in [-0.15, -0.1) is 0 Å². The van der Waals surface area contributed by atoms with Gasteiger partial charge in [0.2, 0.25) is 0 Å². The van der Waals surface area contributed by atoms with Crippen LogP contribution in [0.5, 0.6) is 0 Å². The molecule has 3 N–H and O–H groups in total. The zero-order valence-corrected chi connectivity index (χ0v) is 7.84. The summed E-state index contributed by atoms with van der Waals surface area (Å²) in [6, 6.07) is 0. The molecule has 12 heavy (non-hydrogen) atoms. The average Bonchev–Trinajstić information content (AvgIpc) is 2.30. The highest BCUT2D eigenvalue weighted by atomic mass is 16.3. The van der Waals surface area contributed by atoms with Gasteiger partial charge in [0.25, 0.3) is 0 Å². The summed E-state index contributed by atoms with van der Waals surface area (Å²) in [6.45, 7) is 1.18. The molecule has 2 heteroatoms. The van der Waals surface area contributed by atoms with E-state index in [1.807, 2.05) is 0 Å². The van der Waals surface area contributed by atoms with Gasteiger partial charge in [-0.25, -0.2) is 0 Å². The lowest BCUT2D eigenvalue weighted by Gasteiger charge is -2.17. The van der Waals surface area contributed by atoms with E-state index in [1.54, 1.807) is 0 Å². The highest BCUT2D eigenvalue weighted by Crippen LogP contribution is 2.28. The van der Waals surface area contributed by atoms with Crippen LogP contribution in [0.3, 0.4) is 0 Å². The van der Waals surface area contributed by atoms with E-state index in [2.05, 4.69) is 0 Å². The minimum atomic E-state index is 0.349. The smallest absolute Gasteiger partial charge is 0.0433 e. The van der Waals surface area contributed by atoms with Gasteiger partial charge in [-0.05, 0) is 37.6 Å². The zero-order valence-electron chi connectivity index (χ0n) is 7.84. The second-order valence-electron chi connectivity index (χ2n) is 4.00. The van der Waals surface area contributed by atoms with Crippen LogP contribution in [-0.2, 0) is 0 Å². The molecule has 0 aromatic carbocycles. The maximum atomic E-state index is 8.84. The van der Waals surface area contributed by atoms with Crippen molar-refractivity contribution in [3.8, 4) is 0 Å². The van der Waals surface area contributed by atoms with Crippen LogP contribution in [0, 0.1) is 11.8 Å². The molecule has 0 amide bonds. The lowest BCUT2D eigenvalue weighted by atomic mass is 9.91. The third-order valence-corrected chi connectivity index (χ3v) is 3.01. The molecule has 2 unspecified atom stereocenters. The van der Waals surface area contributed by atoms with E-state index in [4.69, 9.17) is 10.8 Å². The van der Waals surface area contributed by atoms with Gasteiger partial charge < -0.3 is 10.8 Å². The molecule has 1 aliphatic rings. The Labute approximate surface area is 75.2 Å². The topological polar surface area (TPSA) is 46.2 Å². The molecule has 72 valence electrons. The lowest BCUT2D eigenvalue weighted by molar-refractivity contribution is 0.238. The Morgan fingerprint density at radius 1 is 1.17 bits per heavy atom. The first-order chi connectivity index (χ1) is 5.86. The van der Waals surface area contributed by atoms with Crippen LogP contribution < -0.4 is 5.73 Å². The summed E-state index contributed by atoms with van der Waals surface area (Å²) in [5.74, 6) is 1.47. The summed E-state index contributed by atoms with van der Waals surface area (Å²) in [4.78, 5) is 0. The number of aliphatic hydroxyl groups excluding tert-OH is 1. The van der Waals surface area contributed by atoms with Crippen molar-refractivity contribution in [2.75, 3.05) is 13.2 Å². The van der Waals surface area contributed by atoms with Crippen LogP contribution in [0.2, 0.25) is 0 Å². The van der Waals surface area contributed by atoms with Gasteiger partial charge in [0.15, 0.2) is 0 Å². The molecule has 1 saturated carbocycles. The molecule has 0 aromatic rings. The zero-order chi connectivity index (χ0) is 8.81. The molecule has 0 aromatic heterocycles. The van der Waals surface area contributed by atoms with E-state index in [0.29, 0.717) is 6.61 Å². The van der Waals surface area contributed by atoms with Crippen molar-refractivity contribution in [1.82, 2.24) is 0 Å². The van der Waals surface area contributed by atoms with Crippen LogP contribution in [0.4, 0.5) is 0 Å². The number of nitrogens with two attached hydrogens (primary N) is 1. The van der Waals surface area contributed by atoms with Crippen LogP contribution in [-0.4, -0.2) is 18.3 Å². The first kappa shape index (κ1) is 10.0. The molecular weight excluding hydrogens is 150 g/mol. The minimum Gasteiger partial charge on any atom is -0.396 e. The van der Waals surface area contributed by atoms with Crippen molar-refractivity contribution >= 4 is 0 Å².